The number of hydrogen-bond donors (Lipinski definition) is 0. The van der Waals surface area contributed by atoms with Gasteiger partial charge in [-0.15, -0.1) is 11.6 Å². The standard InChI is InChI=1S/C14H10BrClF2/c1-8-6-9(2-5-12(8)15)14(16)11-4-3-10(17)7-13(11)18/h2-7,14H,1H3. The van der Waals surface area contributed by atoms with Gasteiger partial charge in [-0.25, -0.2) is 8.78 Å². The van der Waals surface area contributed by atoms with Gasteiger partial charge in [0.1, 0.15) is 11.6 Å². The zero-order chi connectivity index (χ0) is 13.3. The Hall–Kier alpha value is -0.930. The summed E-state index contributed by atoms with van der Waals surface area (Å²) in [5.41, 5.74) is 2.07. The molecule has 1 atom stereocenters. The quantitative estimate of drug-likeness (QED) is 0.650. The molecule has 0 saturated carbocycles. The molecule has 18 heavy (non-hydrogen) atoms. The van der Waals surface area contributed by atoms with E-state index < -0.39 is 17.0 Å². The third-order valence-electron chi connectivity index (χ3n) is 2.71. The van der Waals surface area contributed by atoms with Crippen molar-refractivity contribution in [3.05, 3.63) is 69.2 Å². The molecule has 0 spiro atoms. The maximum Gasteiger partial charge on any atom is 0.131 e. The molecular formula is C14H10BrClF2. The molecule has 2 aromatic carbocycles. The van der Waals surface area contributed by atoms with Crippen molar-refractivity contribution in [3.8, 4) is 0 Å². The highest BCUT2D eigenvalue weighted by Gasteiger charge is 2.16. The van der Waals surface area contributed by atoms with Crippen molar-refractivity contribution in [1.82, 2.24) is 0 Å². The molecule has 2 aromatic rings. The minimum absolute atomic E-state index is 0.278. The van der Waals surface area contributed by atoms with E-state index in [-0.39, 0.29) is 5.56 Å². The maximum absolute atomic E-state index is 13.6. The lowest BCUT2D eigenvalue weighted by atomic mass is 10.0. The van der Waals surface area contributed by atoms with Crippen LogP contribution in [0.25, 0.3) is 0 Å². The minimum atomic E-state index is -0.629. The fourth-order valence-electron chi connectivity index (χ4n) is 1.71. The molecule has 0 aliphatic rings. The summed E-state index contributed by atoms with van der Waals surface area (Å²) in [5, 5.41) is -0.627. The summed E-state index contributed by atoms with van der Waals surface area (Å²) in [6, 6.07) is 8.99. The number of rotatable bonds is 2. The molecule has 0 amide bonds. The van der Waals surface area contributed by atoms with E-state index in [9.17, 15) is 8.78 Å². The number of halogens is 4. The molecule has 0 aliphatic heterocycles. The Kier molecular flexibility index (Phi) is 4.03. The van der Waals surface area contributed by atoms with Crippen LogP contribution in [0.5, 0.6) is 0 Å². The van der Waals surface area contributed by atoms with Gasteiger partial charge >= 0.3 is 0 Å². The molecule has 4 heteroatoms. The van der Waals surface area contributed by atoms with Crippen LogP contribution in [-0.4, -0.2) is 0 Å². The molecule has 2 rings (SSSR count). The van der Waals surface area contributed by atoms with E-state index in [1.807, 2.05) is 25.1 Å². The molecule has 0 aromatic heterocycles. The van der Waals surface area contributed by atoms with Crippen LogP contribution in [0.3, 0.4) is 0 Å². The molecule has 0 aliphatic carbocycles. The van der Waals surface area contributed by atoms with E-state index >= 15 is 0 Å². The van der Waals surface area contributed by atoms with Crippen molar-refractivity contribution in [2.45, 2.75) is 12.3 Å². The Morgan fingerprint density at radius 1 is 1.11 bits per heavy atom. The van der Waals surface area contributed by atoms with Crippen LogP contribution in [-0.2, 0) is 0 Å². The van der Waals surface area contributed by atoms with E-state index in [0.29, 0.717) is 0 Å². The SMILES string of the molecule is Cc1cc(C(Cl)c2ccc(F)cc2F)ccc1Br. The van der Waals surface area contributed by atoms with Crippen LogP contribution >= 0.6 is 27.5 Å². The lowest BCUT2D eigenvalue weighted by molar-refractivity contribution is 0.573. The summed E-state index contributed by atoms with van der Waals surface area (Å²) in [4.78, 5) is 0. The Bertz CT molecular complexity index is 584. The fourth-order valence-corrected chi connectivity index (χ4v) is 2.27. The Labute approximate surface area is 118 Å². The summed E-state index contributed by atoms with van der Waals surface area (Å²) < 4.78 is 27.4. The summed E-state index contributed by atoms with van der Waals surface area (Å²) in [6.45, 7) is 1.93. The number of benzene rings is 2. The summed E-state index contributed by atoms with van der Waals surface area (Å²) >= 11 is 9.63. The third-order valence-corrected chi connectivity index (χ3v) is 4.09. The lowest BCUT2D eigenvalue weighted by Gasteiger charge is -2.12. The van der Waals surface area contributed by atoms with Gasteiger partial charge in [-0.3, -0.25) is 0 Å². The number of alkyl halides is 1. The van der Waals surface area contributed by atoms with Crippen molar-refractivity contribution in [1.29, 1.82) is 0 Å². The zero-order valence-electron chi connectivity index (χ0n) is 9.55. The van der Waals surface area contributed by atoms with Crippen LogP contribution in [0.15, 0.2) is 40.9 Å². The molecule has 0 nitrogen and oxygen atoms in total. The van der Waals surface area contributed by atoms with Gasteiger partial charge in [0.05, 0.1) is 5.38 Å². The second-order valence-electron chi connectivity index (χ2n) is 4.04. The average Bonchev–Trinajstić information content (AvgIpc) is 2.32. The first-order chi connectivity index (χ1) is 8.49. The van der Waals surface area contributed by atoms with Crippen molar-refractivity contribution in [2.75, 3.05) is 0 Å². The molecule has 0 radical (unpaired) electrons. The maximum atomic E-state index is 13.6. The van der Waals surface area contributed by atoms with E-state index in [2.05, 4.69) is 15.9 Å². The van der Waals surface area contributed by atoms with Crippen molar-refractivity contribution >= 4 is 27.5 Å². The highest BCUT2D eigenvalue weighted by molar-refractivity contribution is 9.10. The molecule has 1 unspecified atom stereocenters. The predicted octanol–water partition coefficient (Wildman–Crippen LogP) is 5.36. The topological polar surface area (TPSA) is 0 Å². The molecule has 0 N–H and O–H groups in total. The monoisotopic (exact) mass is 330 g/mol. The van der Waals surface area contributed by atoms with E-state index in [1.165, 1.54) is 12.1 Å². The second-order valence-corrected chi connectivity index (χ2v) is 5.33. The summed E-state index contributed by atoms with van der Waals surface area (Å²) in [5.74, 6) is -1.23. The first-order valence-electron chi connectivity index (χ1n) is 5.34. The van der Waals surface area contributed by atoms with Crippen LogP contribution in [0, 0.1) is 18.6 Å². The number of hydrogen-bond acceptors (Lipinski definition) is 0. The molecular weight excluding hydrogens is 322 g/mol. The highest BCUT2D eigenvalue weighted by Crippen LogP contribution is 2.32. The lowest BCUT2D eigenvalue weighted by Crippen LogP contribution is -1.98. The molecule has 0 saturated heterocycles. The summed E-state index contributed by atoms with van der Waals surface area (Å²) in [7, 11) is 0. The van der Waals surface area contributed by atoms with Gasteiger partial charge in [-0.05, 0) is 30.2 Å². The van der Waals surface area contributed by atoms with E-state index in [1.54, 1.807) is 0 Å². The fraction of sp³-hybridized carbons (Fsp3) is 0.143. The molecule has 94 valence electrons. The van der Waals surface area contributed by atoms with Crippen LogP contribution in [0.4, 0.5) is 8.78 Å². The largest absolute Gasteiger partial charge is 0.207 e. The Morgan fingerprint density at radius 2 is 1.83 bits per heavy atom. The third kappa shape index (κ3) is 2.73. The molecule has 0 bridgehead atoms. The Balaban J connectivity index is 2.41. The highest BCUT2D eigenvalue weighted by atomic mass is 79.9. The van der Waals surface area contributed by atoms with Gasteiger partial charge in [0, 0.05) is 16.1 Å². The summed E-state index contributed by atoms with van der Waals surface area (Å²) in [6.07, 6.45) is 0. The number of aryl methyl sites for hydroxylation is 1. The predicted molar refractivity (Wildman–Crippen MR) is 72.9 cm³/mol. The normalized spacial score (nSPS) is 12.5. The average molecular weight is 332 g/mol. The van der Waals surface area contributed by atoms with E-state index in [4.69, 9.17) is 11.6 Å². The smallest absolute Gasteiger partial charge is 0.131 e. The van der Waals surface area contributed by atoms with E-state index in [0.717, 1.165) is 21.7 Å². The first-order valence-corrected chi connectivity index (χ1v) is 6.57. The van der Waals surface area contributed by atoms with Crippen LogP contribution < -0.4 is 0 Å². The first kappa shape index (κ1) is 13.5. The zero-order valence-corrected chi connectivity index (χ0v) is 11.9. The minimum Gasteiger partial charge on any atom is -0.207 e. The van der Waals surface area contributed by atoms with Crippen molar-refractivity contribution < 1.29 is 8.78 Å². The van der Waals surface area contributed by atoms with Gasteiger partial charge in [-0.2, -0.15) is 0 Å². The molecule has 0 fully saturated rings. The van der Waals surface area contributed by atoms with Crippen molar-refractivity contribution in [3.63, 3.8) is 0 Å². The van der Waals surface area contributed by atoms with Gasteiger partial charge in [0.2, 0.25) is 0 Å². The van der Waals surface area contributed by atoms with Crippen LogP contribution in [0.1, 0.15) is 22.1 Å². The van der Waals surface area contributed by atoms with Gasteiger partial charge < -0.3 is 0 Å². The Morgan fingerprint density at radius 3 is 2.44 bits per heavy atom. The van der Waals surface area contributed by atoms with Crippen LogP contribution in [0.2, 0.25) is 0 Å². The molecule has 0 heterocycles. The van der Waals surface area contributed by atoms with Crippen molar-refractivity contribution in [2.24, 2.45) is 0 Å². The van der Waals surface area contributed by atoms with Gasteiger partial charge in [0.15, 0.2) is 0 Å². The van der Waals surface area contributed by atoms with Gasteiger partial charge in [0.25, 0.3) is 0 Å². The second kappa shape index (κ2) is 5.37. The van der Waals surface area contributed by atoms with Gasteiger partial charge in [-0.1, -0.05) is 34.1 Å².